The van der Waals surface area contributed by atoms with Crippen LogP contribution in [0.3, 0.4) is 0 Å². The van der Waals surface area contributed by atoms with Gasteiger partial charge in [-0.2, -0.15) is 0 Å². The van der Waals surface area contributed by atoms with Crippen molar-refractivity contribution in [2.45, 2.75) is 57.6 Å². The number of nitrogens with two attached hydrogens (primary N) is 1. The SMILES string of the molecule is CN(C)c1cc(NCc2ccc(C(C)(C)C)cc2)c(O)c2c1C[C@H]1C[C@H]3CC(=O)C(C(N)=O)C(=O)[C@@]3(O)C(=O)C1C2=O. The molecule has 2 unspecified atom stereocenters. The predicted molar refractivity (Wildman–Crippen MR) is 155 cm³/mol. The third kappa shape index (κ3) is 4.48. The first-order valence-electron chi connectivity index (χ1n) is 14.1. The number of benzene rings is 2. The van der Waals surface area contributed by atoms with Crippen molar-refractivity contribution >= 4 is 40.4 Å². The highest BCUT2D eigenvalue weighted by Crippen LogP contribution is 2.52. The van der Waals surface area contributed by atoms with Gasteiger partial charge in [0.1, 0.15) is 5.75 Å². The van der Waals surface area contributed by atoms with Crippen molar-refractivity contribution in [1.29, 1.82) is 0 Å². The summed E-state index contributed by atoms with van der Waals surface area (Å²) in [5, 5.41) is 26.0. The highest BCUT2D eigenvalue weighted by Gasteiger charge is 2.66. The number of anilines is 2. The molecule has 5 rings (SSSR count). The van der Waals surface area contributed by atoms with Crippen LogP contribution in [0.4, 0.5) is 11.4 Å². The van der Waals surface area contributed by atoms with Crippen LogP contribution in [0.15, 0.2) is 30.3 Å². The lowest BCUT2D eigenvalue weighted by Gasteiger charge is -2.48. The average molecular weight is 576 g/mol. The summed E-state index contributed by atoms with van der Waals surface area (Å²) in [5.74, 6) is -10.3. The summed E-state index contributed by atoms with van der Waals surface area (Å²) in [4.78, 5) is 67.2. The zero-order valence-electron chi connectivity index (χ0n) is 24.5. The minimum Gasteiger partial charge on any atom is -0.505 e. The molecule has 0 bridgehead atoms. The second kappa shape index (κ2) is 10.0. The zero-order valence-corrected chi connectivity index (χ0v) is 24.5. The van der Waals surface area contributed by atoms with Crippen LogP contribution in [0.5, 0.6) is 5.75 Å². The van der Waals surface area contributed by atoms with Gasteiger partial charge >= 0.3 is 0 Å². The molecule has 10 heteroatoms. The Hall–Kier alpha value is -4.05. The fourth-order valence-corrected chi connectivity index (χ4v) is 6.87. The van der Waals surface area contributed by atoms with E-state index in [0.717, 1.165) is 5.56 Å². The molecule has 222 valence electrons. The van der Waals surface area contributed by atoms with E-state index in [4.69, 9.17) is 5.73 Å². The van der Waals surface area contributed by atoms with Crippen molar-refractivity contribution in [3.05, 3.63) is 52.6 Å². The zero-order chi connectivity index (χ0) is 30.9. The molecule has 5 atom stereocenters. The van der Waals surface area contributed by atoms with Crippen molar-refractivity contribution in [1.82, 2.24) is 0 Å². The van der Waals surface area contributed by atoms with Gasteiger partial charge in [-0.1, -0.05) is 45.0 Å². The Morgan fingerprint density at radius 2 is 1.71 bits per heavy atom. The Kier molecular flexibility index (Phi) is 7.04. The van der Waals surface area contributed by atoms with E-state index in [0.29, 0.717) is 23.5 Å². The largest absolute Gasteiger partial charge is 0.505 e. The Balaban J connectivity index is 1.51. The van der Waals surface area contributed by atoms with Crippen molar-refractivity contribution in [2.75, 3.05) is 24.3 Å². The standard InChI is InChI=1S/C32H37N3O7/c1-31(2,3)17-8-6-15(7-9-17)14-34-20-13-21(35(4)5)19-11-16-10-18-12-22(36)25(30(33)41)29(40)32(18,42)28(39)23(16)27(38)24(19)26(20)37/h6-9,13,16,18,23,25,34,37,42H,10-12,14H2,1-5H3,(H2,33,41)/t16-,18+,23?,25?,32+/m1/s1. The Bertz CT molecular complexity index is 1520. The third-order valence-electron chi connectivity index (χ3n) is 9.16. The number of rotatable bonds is 5. The van der Waals surface area contributed by atoms with Crippen molar-refractivity contribution in [3.8, 4) is 5.75 Å². The fourth-order valence-electron chi connectivity index (χ4n) is 6.87. The van der Waals surface area contributed by atoms with Crippen LogP contribution < -0.4 is 16.0 Å². The van der Waals surface area contributed by atoms with Crippen LogP contribution in [0, 0.1) is 23.7 Å². The van der Waals surface area contributed by atoms with Gasteiger partial charge in [0.05, 0.1) is 17.2 Å². The highest BCUT2D eigenvalue weighted by atomic mass is 16.3. The van der Waals surface area contributed by atoms with Crippen molar-refractivity contribution in [2.24, 2.45) is 29.4 Å². The molecule has 3 aliphatic rings. The van der Waals surface area contributed by atoms with E-state index in [1.807, 2.05) is 43.3 Å². The summed E-state index contributed by atoms with van der Waals surface area (Å²) in [6.07, 6.45) is -0.0855. The molecule has 2 fully saturated rings. The first-order chi connectivity index (χ1) is 19.6. The van der Waals surface area contributed by atoms with Gasteiger partial charge in [-0.15, -0.1) is 0 Å². The number of fused-ring (bicyclic) bond motifs is 3. The fraction of sp³-hybridized carbons (Fsp3) is 0.469. The topological polar surface area (TPSA) is 167 Å². The van der Waals surface area contributed by atoms with E-state index in [1.54, 1.807) is 6.07 Å². The number of carbonyl (C=O) groups is 5. The van der Waals surface area contributed by atoms with Crippen molar-refractivity contribution in [3.63, 3.8) is 0 Å². The molecular formula is C32H37N3O7. The number of amides is 1. The Labute approximate surface area is 244 Å². The first kappa shape index (κ1) is 29.4. The van der Waals surface area contributed by atoms with Gasteiger partial charge in [-0.3, -0.25) is 24.0 Å². The molecule has 0 heterocycles. The van der Waals surface area contributed by atoms with Crippen LogP contribution in [-0.2, 0) is 37.6 Å². The third-order valence-corrected chi connectivity index (χ3v) is 9.16. The number of hydrogen-bond acceptors (Lipinski definition) is 9. The van der Waals surface area contributed by atoms with E-state index in [2.05, 4.69) is 26.1 Å². The predicted octanol–water partition coefficient (Wildman–Crippen LogP) is 2.30. The van der Waals surface area contributed by atoms with Gasteiger partial charge < -0.3 is 26.2 Å². The van der Waals surface area contributed by atoms with Gasteiger partial charge in [-0.05, 0) is 46.9 Å². The normalized spacial score (nSPS) is 27.2. The van der Waals surface area contributed by atoms with Gasteiger partial charge in [-0.25, -0.2) is 0 Å². The average Bonchev–Trinajstić information content (AvgIpc) is 2.89. The van der Waals surface area contributed by atoms with Crippen LogP contribution in [0.25, 0.3) is 0 Å². The molecule has 3 aliphatic carbocycles. The van der Waals surface area contributed by atoms with Gasteiger partial charge in [0.15, 0.2) is 34.7 Å². The lowest BCUT2D eigenvalue weighted by Crippen LogP contribution is -2.68. The minimum absolute atomic E-state index is 0.00377. The minimum atomic E-state index is -2.67. The number of phenols is 1. The van der Waals surface area contributed by atoms with E-state index < -0.39 is 58.3 Å². The van der Waals surface area contributed by atoms with E-state index in [1.165, 1.54) is 5.56 Å². The molecule has 1 amide bonds. The van der Waals surface area contributed by atoms with Gasteiger partial charge in [0.2, 0.25) is 5.91 Å². The molecule has 5 N–H and O–H groups in total. The summed E-state index contributed by atoms with van der Waals surface area (Å²) >= 11 is 0. The molecule has 2 aromatic rings. The molecule has 0 radical (unpaired) electrons. The Morgan fingerprint density at radius 1 is 1.07 bits per heavy atom. The molecule has 0 spiro atoms. The van der Waals surface area contributed by atoms with Gasteiger partial charge in [0, 0.05) is 38.7 Å². The van der Waals surface area contributed by atoms with E-state index >= 15 is 0 Å². The molecule has 0 saturated heterocycles. The second-order valence-corrected chi connectivity index (χ2v) is 13.1. The lowest BCUT2D eigenvalue weighted by molar-refractivity contribution is -0.175. The monoisotopic (exact) mass is 575 g/mol. The number of hydrogen-bond donors (Lipinski definition) is 4. The number of ketones is 4. The number of aliphatic hydroxyl groups is 1. The molecule has 0 aromatic heterocycles. The molecule has 42 heavy (non-hydrogen) atoms. The van der Waals surface area contributed by atoms with Crippen LogP contribution in [0.2, 0.25) is 0 Å². The summed E-state index contributed by atoms with van der Waals surface area (Å²) < 4.78 is 0. The van der Waals surface area contributed by atoms with Crippen molar-refractivity contribution < 1.29 is 34.2 Å². The number of carbonyl (C=O) groups excluding carboxylic acids is 5. The summed E-state index contributed by atoms with van der Waals surface area (Å²) in [5.41, 5.74) is 6.25. The maximum absolute atomic E-state index is 14.0. The summed E-state index contributed by atoms with van der Waals surface area (Å²) in [6, 6.07) is 9.85. The summed E-state index contributed by atoms with van der Waals surface area (Å²) in [6.45, 7) is 6.75. The number of phenolic OH excluding ortho intramolecular Hbond substituents is 1. The number of nitrogens with zero attached hydrogens (tertiary/aromatic N) is 1. The second-order valence-electron chi connectivity index (χ2n) is 13.1. The molecule has 0 aliphatic heterocycles. The van der Waals surface area contributed by atoms with Crippen LogP contribution in [0.1, 0.15) is 60.7 Å². The summed E-state index contributed by atoms with van der Waals surface area (Å²) in [7, 11) is 3.62. The van der Waals surface area contributed by atoms with E-state index in [-0.39, 0.29) is 36.0 Å². The number of nitrogens with one attached hydrogen (secondary N) is 1. The Morgan fingerprint density at radius 3 is 2.29 bits per heavy atom. The van der Waals surface area contributed by atoms with Gasteiger partial charge in [0.25, 0.3) is 0 Å². The lowest BCUT2D eigenvalue weighted by atomic mass is 9.53. The number of Topliss-reactive ketones (excluding diaryl/α,β-unsaturated/α-hetero) is 4. The number of primary amides is 1. The van der Waals surface area contributed by atoms with Crippen LogP contribution >= 0.6 is 0 Å². The molecule has 2 saturated carbocycles. The molecule has 2 aromatic carbocycles. The highest BCUT2D eigenvalue weighted by molar-refractivity contribution is 6.31. The quantitative estimate of drug-likeness (QED) is 0.309. The smallest absolute Gasteiger partial charge is 0.235 e. The molecule has 10 nitrogen and oxygen atoms in total. The van der Waals surface area contributed by atoms with Crippen LogP contribution in [-0.4, -0.2) is 58.9 Å². The maximum Gasteiger partial charge on any atom is 0.235 e. The number of aromatic hydroxyl groups is 1. The first-order valence-corrected chi connectivity index (χ1v) is 14.1. The maximum atomic E-state index is 14.0. The molecular weight excluding hydrogens is 538 g/mol. The van der Waals surface area contributed by atoms with E-state index in [9.17, 15) is 34.2 Å².